The van der Waals surface area contributed by atoms with Crippen LogP contribution < -0.4 is 5.32 Å². The molecule has 0 aromatic heterocycles. The topological polar surface area (TPSA) is 38.3 Å². The van der Waals surface area contributed by atoms with Crippen LogP contribution in [0.4, 0.5) is 4.79 Å². The van der Waals surface area contributed by atoms with Crippen molar-refractivity contribution in [2.45, 2.75) is 52.2 Å². The maximum Gasteiger partial charge on any atom is 0.407 e. The minimum absolute atomic E-state index is 0.101. The molecule has 1 atom stereocenters. The third-order valence-corrected chi connectivity index (χ3v) is 5.30. The van der Waals surface area contributed by atoms with Crippen LogP contribution in [0.15, 0.2) is 40.9 Å². The monoisotopic (exact) mass is 401 g/mol. The van der Waals surface area contributed by atoms with Crippen molar-refractivity contribution in [2.24, 2.45) is 0 Å². The summed E-state index contributed by atoms with van der Waals surface area (Å²) in [5, 5.41) is 2.99. The Morgan fingerprint density at radius 2 is 1.88 bits per heavy atom. The number of hydrogen-bond acceptors (Lipinski definition) is 2. The molecule has 1 unspecified atom stereocenters. The summed E-state index contributed by atoms with van der Waals surface area (Å²) in [4.78, 5) is 12.0. The minimum Gasteiger partial charge on any atom is -0.444 e. The van der Waals surface area contributed by atoms with Crippen molar-refractivity contribution in [3.8, 4) is 11.1 Å². The van der Waals surface area contributed by atoms with Crippen molar-refractivity contribution in [3.63, 3.8) is 0 Å². The van der Waals surface area contributed by atoms with Crippen LogP contribution >= 0.6 is 15.9 Å². The summed E-state index contributed by atoms with van der Waals surface area (Å²) >= 11 is 3.60. The van der Waals surface area contributed by atoms with Gasteiger partial charge in [-0.25, -0.2) is 4.79 Å². The quantitative estimate of drug-likeness (QED) is 0.729. The fourth-order valence-electron chi connectivity index (χ4n) is 3.28. The van der Waals surface area contributed by atoms with E-state index < -0.39 is 5.60 Å². The zero-order valence-corrected chi connectivity index (χ0v) is 16.7. The van der Waals surface area contributed by atoms with Crippen molar-refractivity contribution < 1.29 is 9.53 Å². The SMILES string of the molecule is Cc1c(Br)cccc1-c1ccc2c(c1)CC(NC(=O)OC(C)(C)C)C2. The van der Waals surface area contributed by atoms with E-state index in [9.17, 15) is 4.79 Å². The normalized spacial score (nSPS) is 16.4. The number of carbonyl (C=O) groups excluding carboxylic acids is 1. The molecule has 1 N–H and O–H groups in total. The Morgan fingerprint density at radius 1 is 1.16 bits per heavy atom. The molecule has 4 heteroatoms. The van der Waals surface area contributed by atoms with Gasteiger partial charge in [0.2, 0.25) is 0 Å². The molecule has 0 bridgehead atoms. The largest absolute Gasteiger partial charge is 0.444 e. The van der Waals surface area contributed by atoms with E-state index >= 15 is 0 Å². The standard InChI is InChI=1S/C21H24BrNO2/c1-13-18(6-5-7-19(13)22)15-9-8-14-11-17(12-16(14)10-15)23-20(24)25-21(2,3)4/h5-10,17H,11-12H2,1-4H3,(H,23,24). The summed E-state index contributed by atoms with van der Waals surface area (Å²) < 4.78 is 6.49. The first-order chi connectivity index (χ1) is 11.7. The first-order valence-corrected chi connectivity index (χ1v) is 9.39. The number of alkyl carbamates (subject to hydrolysis) is 1. The van der Waals surface area contributed by atoms with Gasteiger partial charge in [0.05, 0.1) is 0 Å². The van der Waals surface area contributed by atoms with E-state index in [1.54, 1.807) is 0 Å². The second kappa shape index (κ2) is 6.83. The number of carbonyl (C=O) groups is 1. The minimum atomic E-state index is -0.471. The van der Waals surface area contributed by atoms with E-state index in [0.29, 0.717) is 0 Å². The molecule has 0 radical (unpaired) electrons. The first kappa shape index (κ1) is 18.0. The molecular formula is C21H24BrNO2. The lowest BCUT2D eigenvalue weighted by molar-refractivity contribution is 0.0506. The van der Waals surface area contributed by atoms with E-state index in [2.05, 4.69) is 64.6 Å². The van der Waals surface area contributed by atoms with Crippen LogP contribution in [0.3, 0.4) is 0 Å². The molecule has 2 aromatic rings. The van der Waals surface area contributed by atoms with Crippen LogP contribution in [0.2, 0.25) is 0 Å². The molecule has 0 spiro atoms. The van der Waals surface area contributed by atoms with Crippen LogP contribution in [0.25, 0.3) is 11.1 Å². The maximum atomic E-state index is 12.0. The Bertz CT molecular complexity index is 808. The van der Waals surface area contributed by atoms with E-state index in [-0.39, 0.29) is 12.1 Å². The lowest BCUT2D eigenvalue weighted by Gasteiger charge is -2.21. The van der Waals surface area contributed by atoms with Gasteiger partial charge in [-0.15, -0.1) is 0 Å². The third-order valence-electron chi connectivity index (χ3n) is 4.44. The van der Waals surface area contributed by atoms with Crippen LogP contribution in [-0.2, 0) is 17.6 Å². The molecule has 3 nitrogen and oxygen atoms in total. The summed E-state index contributed by atoms with van der Waals surface area (Å²) in [6, 6.07) is 13.0. The van der Waals surface area contributed by atoms with Gasteiger partial charge in [0.15, 0.2) is 0 Å². The number of fused-ring (bicyclic) bond motifs is 1. The molecule has 1 amide bonds. The van der Waals surface area contributed by atoms with E-state index in [0.717, 1.165) is 17.3 Å². The van der Waals surface area contributed by atoms with Crippen LogP contribution in [0.5, 0.6) is 0 Å². The zero-order chi connectivity index (χ0) is 18.2. The highest BCUT2D eigenvalue weighted by Gasteiger charge is 2.25. The van der Waals surface area contributed by atoms with Gasteiger partial charge < -0.3 is 10.1 Å². The molecule has 25 heavy (non-hydrogen) atoms. The van der Waals surface area contributed by atoms with Crippen molar-refractivity contribution in [1.29, 1.82) is 0 Å². The van der Waals surface area contributed by atoms with Gasteiger partial charge in [-0.05, 0) is 74.4 Å². The molecule has 1 aliphatic carbocycles. The highest BCUT2D eigenvalue weighted by atomic mass is 79.9. The van der Waals surface area contributed by atoms with Crippen molar-refractivity contribution in [1.82, 2.24) is 5.32 Å². The molecule has 0 aliphatic heterocycles. The Hall–Kier alpha value is -1.81. The Morgan fingerprint density at radius 3 is 2.60 bits per heavy atom. The summed E-state index contributed by atoms with van der Waals surface area (Å²) in [5.41, 5.74) is 5.83. The van der Waals surface area contributed by atoms with E-state index in [4.69, 9.17) is 4.74 Å². The number of halogens is 1. The predicted molar refractivity (Wildman–Crippen MR) is 105 cm³/mol. The fourth-order valence-corrected chi connectivity index (χ4v) is 3.65. The number of rotatable bonds is 2. The molecule has 0 saturated carbocycles. The number of nitrogens with one attached hydrogen (secondary N) is 1. The van der Waals surface area contributed by atoms with Gasteiger partial charge in [-0.1, -0.05) is 46.3 Å². The third kappa shape index (κ3) is 4.24. The average molecular weight is 402 g/mol. The van der Waals surface area contributed by atoms with Crippen LogP contribution in [0, 0.1) is 6.92 Å². The lowest BCUT2D eigenvalue weighted by atomic mass is 9.97. The number of ether oxygens (including phenoxy) is 1. The molecule has 1 aliphatic rings. The molecule has 3 rings (SSSR count). The molecule has 2 aromatic carbocycles. The van der Waals surface area contributed by atoms with Crippen LogP contribution in [-0.4, -0.2) is 17.7 Å². The van der Waals surface area contributed by atoms with Crippen molar-refractivity contribution in [3.05, 3.63) is 57.6 Å². The van der Waals surface area contributed by atoms with E-state index in [1.807, 2.05) is 20.8 Å². The second-order valence-corrected chi connectivity index (χ2v) is 8.50. The summed E-state index contributed by atoms with van der Waals surface area (Å²) in [7, 11) is 0. The summed E-state index contributed by atoms with van der Waals surface area (Å²) in [6.07, 6.45) is 1.36. The average Bonchev–Trinajstić information content (AvgIpc) is 2.89. The van der Waals surface area contributed by atoms with Gasteiger partial charge in [0.1, 0.15) is 5.60 Å². The number of benzene rings is 2. The predicted octanol–water partition coefficient (Wildman–Crippen LogP) is 5.42. The highest BCUT2D eigenvalue weighted by Crippen LogP contribution is 2.32. The summed E-state index contributed by atoms with van der Waals surface area (Å²) in [6.45, 7) is 7.76. The number of hydrogen-bond donors (Lipinski definition) is 1. The molecular weight excluding hydrogens is 378 g/mol. The van der Waals surface area contributed by atoms with Gasteiger partial charge in [0.25, 0.3) is 0 Å². The second-order valence-electron chi connectivity index (χ2n) is 7.65. The first-order valence-electron chi connectivity index (χ1n) is 8.60. The molecule has 0 heterocycles. The molecule has 132 valence electrons. The molecule has 0 fully saturated rings. The Labute approximate surface area is 157 Å². The van der Waals surface area contributed by atoms with Crippen molar-refractivity contribution >= 4 is 22.0 Å². The van der Waals surface area contributed by atoms with Gasteiger partial charge in [-0.2, -0.15) is 0 Å². The zero-order valence-electron chi connectivity index (χ0n) is 15.2. The fraction of sp³-hybridized carbons (Fsp3) is 0.381. The van der Waals surface area contributed by atoms with Gasteiger partial charge in [0, 0.05) is 10.5 Å². The maximum absolute atomic E-state index is 12.0. The van der Waals surface area contributed by atoms with Crippen LogP contribution in [0.1, 0.15) is 37.5 Å². The van der Waals surface area contributed by atoms with Crippen molar-refractivity contribution in [2.75, 3.05) is 0 Å². The molecule has 0 saturated heterocycles. The lowest BCUT2D eigenvalue weighted by Crippen LogP contribution is -2.39. The Balaban J connectivity index is 1.75. The highest BCUT2D eigenvalue weighted by molar-refractivity contribution is 9.10. The smallest absolute Gasteiger partial charge is 0.407 e. The van der Waals surface area contributed by atoms with Gasteiger partial charge >= 0.3 is 6.09 Å². The van der Waals surface area contributed by atoms with Gasteiger partial charge in [-0.3, -0.25) is 0 Å². The summed E-state index contributed by atoms with van der Waals surface area (Å²) in [5.74, 6) is 0. The van der Waals surface area contributed by atoms with E-state index in [1.165, 1.54) is 27.8 Å². The number of amides is 1. The Kier molecular flexibility index (Phi) is 4.92.